The van der Waals surface area contributed by atoms with Crippen LogP contribution in [-0.4, -0.2) is 46.0 Å². The monoisotopic (exact) mass is 545 g/mol. The Bertz CT molecular complexity index is 1450. The summed E-state index contributed by atoms with van der Waals surface area (Å²) < 4.78 is 12.8. The molecule has 4 rings (SSSR count). The predicted molar refractivity (Wildman–Crippen MR) is 152 cm³/mol. The summed E-state index contributed by atoms with van der Waals surface area (Å²) in [7, 11) is 1.58. The molecule has 39 heavy (non-hydrogen) atoms. The van der Waals surface area contributed by atoms with Crippen LogP contribution in [0.15, 0.2) is 71.9 Å². The van der Waals surface area contributed by atoms with Crippen LogP contribution >= 0.6 is 11.8 Å². The second kappa shape index (κ2) is 13.0. The Hall–Kier alpha value is -4.31. The molecule has 0 fully saturated rings. The van der Waals surface area contributed by atoms with Crippen molar-refractivity contribution >= 4 is 29.3 Å². The fourth-order valence-corrected chi connectivity index (χ4v) is 4.60. The summed E-state index contributed by atoms with van der Waals surface area (Å²) in [5.41, 5.74) is 4.11. The molecule has 0 spiro atoms. The number of carbonyl (C=O) groups is 2. The number of aryl methyl sites for hydroxylation is 2. The van der Waals surface area contributed by atoms with E-state index in [4.69, 9.17) is 9.47 Å². The van der Waals surface area contributed by atoms with Gasteiger partial charge in [-0.05, 0) is 80.4 Å². The van der Waals surface area contributed by atoms with Gasteiger partial charge in [-0.3, -0.25) is 14.2 Å². The number of rotatable bonds is 11. The molecule has 0 unspecified atom stereocenters. The topological polar surface area (TPSA) is 107 Å². The SMILES string of the molecule is CCOc1ccc(NC(=O)CSc2nnc(CNC(=O)c3ccc(C)c(C)c3)n2-c2ccccc2OC)cc1. The number of para-hydroxylation sites is 2. The van der Waals surface area contributed by atoms with Crippen LogP contribution in [0.25, 0.3) is 5.69 Å². The third-order valence-electron chi connectivity index (χ3n) is 5.98. The van der Waals surface area contributed by atoms with E-state index >= 15 is 0 Å². The molecule has 2 N–H and O–H groups in total. The predicted octanol–water partition coefficient (Wildman–Crippen LogP) is 4.95. The highest BCUT2D eigenvalue weighted by atomic mass is 32.2. The minimum Gasteiger partial charge on any atom is -0.495 e. The van der Waals surface area contributed by atoms with E-state index in [1.807, 2.05) is 69.3 Å². The second-order valence-corrected chi connectivity index (χ2v) is 9.62. The average Bonchev–Trinajstić information content (AvgIpc) is 3.35. The molecule has 0 atom stereocenters. The molecule has 10 heteroatoms. The van der Waals surface area contributed by atoms with Gasteiger partial charge in [0.15, 0.2) is 11.0 Å². The van der Waals surface area contributed by atoms with Crippen LogP contribution < -0.4 is 20.1 Å². The maximum Gasteiger partial charge on any atom is 0.251 e. The van der Waals surface area contributed by atoms with Crippen molar-refractivity contribution in [1.82, 2.24) is 20.1 Å². The van der Waals surface area contributed by atoms with Crippen LogP contribution in [-0.2, 0) is 11.3 Å². The van der Waals surface area contributed by atoms with Gasteiger partial charge in [0.25, 0.3) is 5.91 Å². The molecule has 0 aliphatic rings. The standard InChI is InChI=1S/C29H31N5O4S/c1-5-38-23-14-12-22(13-15-23)31-27(35)18-39-29-33-32-26(34(29)24-8-6-7-9-25(24)37-4)17-30-28(36)21-11-10-19(2)20(3)16-21/h6-16H,5,17-18H2,1-4H3,(H,30,36)(H,31,35). The number of carbonyl (C=O) groups excluding carboxylic acids is 2. The number of nitrogens with one attached hydrogen (secondary N) is 2. The first-order valence-corrected chi connectivity index (χ1v) is 13.5. The van der Waals surface area contributed by atoms with Crippen LogP contribution in [0.3, 0.4) is 0 Å². The zero-order chi connectivity index (χ0) is 27.8. The quantitative estimate of drug-likeness (QED) is 0.257. The molecule has 0 radical (unpaired) electrons. The van der Waals surface area contributed by atoms with E-state index in [9.17, 15) is 9.59 Å². The maximum atomic E-state index is 12.8. The molecule has 1 heterocycles. The summed E-state index contributed by atoms with van der Waals surface area (Å²) in [5, 5.41) is 15.0. The van der Waals surface area contributed by atoms with Crippen LogP contribution in [0, 0.1) is 13.8 Å². The van der Waals surface area contributed by atoms with E-state index in [1.165, 1.54) is 11.8 Å². The molecule has 2 amide bonds. The summed E-state index contributed by atoms with van der Waals surface area (Å²) >= 11 is 1.24. The van der Waals surface area contributed by atoms with Gasteiger partial charge in [0, 0.05) is 11.3 Å². The van der Waals surface area contributed by atoms with Crippen molar-refractivity contribution in [3.63, 3.8) is 0 Å². The lowest BCUT2D eigenvalue weighted by molar-refractivity contribution is -0.113. The Morgan fingerprint density at radius 3 is 2.46 bits per heavy atom. The van der Waals surface area contributed by atoms with Gasteiger partial charge >= 0.3 is 0 Å². The molecule has 202 valence electrons. The van der Waals surface area contributed by atoms with E-state index in [0.29, 0.717) is 40.3 Å². The Morgan fingerprint density at radius 2 is 1.74 bits per heavy atom. The highest BCUT2D eigenvalue weighted by molar-refractivity contribution is 7.99. The molecule has 0 bridgehead atoms. The van der Waals surface area contributed by atoms with E-state index in [-0.39, 0.29) is 24.1 Å². The van der Waals surface area contributed by atoms with Gasteiger partial charge in [-0.15, -0.1) is 10.2 Å². The van der Waals surface area contributed by atoms with E-state index in [1.54, 1.807) is 29.9 Å². The molecular formula is C29H31N5O4S. The second-order valence-electron chi connectivity index (χ2n) is 8.68. The fraction of sp³-hybridized carbons (Fsp3) is 0.241. The number of methoxy groups -OCH3 is 1. The van der Waals surface area contributed by atoms with Gasteiger partial charge in [-0.25, -0.2) is 0 Å². The highest BCUT2D eigenvalue weighted by Gasteiger charge is 2.19. The maximum absolute atomic E-state index is 12.8. The van der Waals surface area contributed by atoms with Crippen LogP contribution in [0.2, 0.25) is 0 Å². The van der Waals surface area contributed by atoms with Crippen molar-refractivity contribution in [2.75, 3.05) is 24.8 Å². The first-order valence-electron chi connectivity index (χ1n) is 12.5. The number of nitrogens with zero attached hydrogens (tertiary/aromatic N) is 3. The van der Waals surface area contributed by atoms with Crippen molar-refractivity contribution in [2.24, 2.45) is 0 Å². The summed E-state index contributed by atoms with van der Waals surface area (Å²) in [6.45, 7) is 6.60. The summed E-state index contributed by atoms with van der Waals surface area (Å²) in [5.74, 6) is 1.56. The lowest BCUT2D eigenvalue weighted by Crippen LogP contribution is -2.25. The molecule has 1 aromatic heterocycles. The normalized spacial score (nSPS) is 10.7. The lowest BCUT2D eigenvalue weighted by Gasteiger charge is -2.14. The Balaban J connectivity index is 1.50. The zero-order valence-corrected chi connectivity index (χ0v) is 23.2. The number of ether oxygens (including phenoxy) is 2. The fourth-order valence-electron chi connectivity index (χ4n) is 3.84. The molecule has 0 aliphatic carbocycles. The third kappa shape index (κ3) is 6.97. The van der Waals surface area contributed by atoms with Crippen LogP contribution in [0.4, 0.5) is 5.69 Å². The molecule has 0 saturated heterocycles. The first-order chi connectivity index (χ1) is 18.9. The number of hydrogen-bond acceptors (Lipinski definition) is 7. The summed E-state index contributed by atoms with van der Waals surface area (Å²) in [6, 6.07) is 20.2. The average molecular weight is 546 g/mol. The number of benzene rings is 3. The van der Waals surface area contributed by atoms with Gasteiger partial charge in [0.1, 0.15) is 11.5 Å². The Kier molecular flexibility index (Phi) is 9.22. The highest BCUT2D eigenvalue weighted by Crippen LogP contribution is 2.29. The van der Waals surface area contributed by atoms with Crippen molar-refractivity contribution < 1.29 is 19.1 Å². The summed E-state index contributed by atoms with van der Waals surface area (Å²) in [6.07, 6.45) is 0. The Morgan fingerprint density at radius 1 is 0.974 bits per heavy atom. The van der Waals surface area contributed by atoms with Crippen molar-refractivity contribution in [2.45, 2.75) is 32.5 Å². The summed E-state index contributed by atoms with van der Waals surface area (Å²) in [4.78, 5) is 25.5. The van der Waals surface area contributed by atoms with E-state index in [0.717, 1.165) is 16.9 Å². The van der Waals surface area contributed by atoms with E-state index < -0.39 is 0 Å². The molecule has 0 aliphatic heterocycles. The largest absolute Gasteiger partial charge is 0.495 e. The molecular weight excluding hydrogens is 514 g/mol. The molecule has 4 aromatic rings. The van der Waals surface area contributed by atoms with Crippen molar-refractivity contribution in [1.29, 1.82) is 0 Å². The lowest BCUT2D eigenvalue weighted by atomic mass is 10.1. The van der Waals surface area contributed by atoms with Gasteiger partial charge in [-0.1, -0.05) is 30.0 Å². The minimum atomic E-state index is -0.211. The van der Waals surface area contributed by atoms with Crippen LogP contribution in [0.1, 0.15) is 34.2 Å². The van der Waals surface area contributed by atoms with Crippen molar-refractivity contribution in [3.8, 4) is 17.2 Å². The van der Waals surface area contributed by atoms with Crippen molar-refractivity contribution in [3.05, 3.63) is 89.2 Å². The van der Waals surface area contributed by atoms with Gasteiger partial charge in [0.2, 0.25) is 5.91 Å². The van der Waals surface area contributed by atoms with Gasteiger partial charge < -0.3 is 20.1 Å². The zero-order valence-electron chi connectivity index (χ0n) is 22.4. The number of amides is 2. The molecule has 9 nitrogen and oxygen atoms in total. The molecule has 0 saturated carbocycles. The van der Waals surface area contributed by atoms with Gasteiger partial charge in [-0.2, -0.15) is 0 Å². The first kappa shape index (κ1) is 27.7. The smallest absolute Gasteiger partial charge is 0.251 e. The number of hydrogen-bond donors (Lipinski definition) is 2. The van der Waals surface area contributed by atoms with E-state index in [2.05, 4.69) is 20.8 Å². The van der Waals surface area contributed by atoms with Crippen LogP contribution in [0.5, 0.6) is 11.5 Å². The number of anilines is 1. The minimum absolute atomic E-state index is 0.107. The number of thioether (sulfide) groups is 1. The third-order valence-corrected chi connectivity index (χ3v) is 6.91. The molecule has 3 aromatic carbocycles. The van der Waals surface area contributed by atoms with Gasteiger partial charge in [0.05, 0.1) is 31.7 Å². The Labute approximate surface area is 231 Å². The number of aromatic nitrogens is 3.